The van der Waals surface area contributed by atoms with Crippen LogP contribution >= 0.6 is 11.6 Å². The molecule has 1 N–H and O–H groups in total. The molecule has 0 saturated heterocycles. The number of aromatic nitrogens is 1. The van der Waals surface area contributed by atoms with Gasteiger partial charge in [-0.1, -0.05) is 38.1 Å². The monoisotopic (exact) mass is 303 g/mol. The van der Waals surface area contributed by atoms with E-state index in [4.69, 9.17) is 16.3 Å². The topological polar surface area (TPSA) is 25.0 Å². The van der Waals surface area contributed by atoms with Crippen LogP contribution in [0.5, 0.6) is 0 Å². The number of alkyl halides is 1. The van der Waals surface area contributed by atoms with Crippen LogP contribution in [0.25, 0.3) is 10.9 Å². The molecule has 1 heterocycles. The smallest absolute Gasteiger partial charge is 0.128 e. The standard InChI is InChI=1S/C16H16ClNO.C2H6/c1-16(17)8-6-14(7-9-16)19-11-13-10-12-4-2-3-5-15(12)18-13;1-2/h2-8,10,18H,9,11H2,1H3;1-2H3. The fraction of sp³-hybridized carbons (Fsp3) is 0.333. The molecule has 3 rings (SSSR count). The van der Waals surface area contributed by atoms with Gasteiger partial charge < -0.3 is 9.72 Å². The molecule has 0 spiro atoms. The number of aromatic amines is 1. The summed E-state index contributed by atoms with van der Waals surface area (Å²) in [6, 6.07) is 10.3. The van der Waals surface area contributed by atoms with E-state index in [1.807, 2.05) is 51.1 Å². The summed E-state index contributed by atoms with van der Waals surface area (Å²) in [5.41, 5.74) is 2.22. The van der Waals surface area contributed by atoms with Gasteiger partial charge in [-0.15, -0.1) is 11.6 Å². The number of fused-ring (bicyclic) bond motifs is 1. The van der Waals surface area contributed by atoms with Gasteiger partial charge in [0.2, 0.25) is 0 Å². The van der Waals surface area contributed by atoms with Gasteiger partial charge >= 0.3 is 0 Å². The van der Waals surface area contributed by atoms with Crippen molar-refractivity contribution in [1.29, 1.82) is 0 Å². The number of nitrogens with one attached hydrogen (secondary N) is 1. The molecule has 1 atom stereocenters. The number of ether oxygens (including phenoxy) is 1. The second kappa shape index (κ2) is 6.86. The summed E-state index contributed by atoms with van der Waals surface area (Å²) in [6.07, 6.45) is 6.76. The van der Waals surface area contributed by atoms with Gasteiger partial charge in [-0.2, -0.15) is 0 Å². The van der Waals surface area contributed by atoms with Crippen LogP contribution < -0.4 is 0 Å². The minimum atomic E-state index is -0.270. The number of benzene rings is 1. The minimum Gasteiger partial charge on any atom is -0.488 e. The van der Waals surface area contributed by atoms with Gasteiger partial charge in [-0.25, -0.2) is 0 Å². The van der Waals surface area contributed by atoms with Crippen LogP contribution in [0.15, 0.2) is 54.3 Å². The van der Waals surface area contributed by atoms with E-state index in [2.05, 4.69) is 23.2 Å². The highest BCUT2D eigenvalue weighted by Crippen LogP contribution is 2.27. The summed E-state index contributed by atoms with van der Waals surface area (Å²) >= 11 is 6.21. The number of hydrogen-bond acceptors (Lipinski definition) is 1. The molecule has 1 aliphatic carbocycles. The van der Waals surface area contributed by atoms with E-state index < -0.39 is 0 Å². The first-order chi connectivity index (χ1) is 10.1. The molecule has 1 unspecified atom stereocenters. The van der Waals surface area contributed by atoms with Crippen molar-refractivity contribution in [3.63, 3.8) is 0 Å². The van der Waals surface area contributed by atoms with Crippen molar-refractivity contribution in [2.75, 3.05) is 0 Å². The first kappa shape index (κ1) is 15.7. The van der Waals surface area contributed by atoms with Gasteiger partial charge in [0.25, 0.3) is 0 Å². The SMILES string of the molecule is CC.CC1(Cl)C=CC(OCc2cc3ccccc3[nH]2)=CC1. The van der Waals surface area contributed by atoms with Crippen molar-refractivity contribution in [1.82, 2.24) is 4.98 Å². The average Bonchev–Trinajstić information content (AvgIpc) is 2.91. The number of H-pyrrole nitrogens is 1. The molecule has 1 aromatic carbocycles. The maximum Gasteiger partial charge on any atom is 0.128 e. The van der Waals surface area contributed by atoms with Crippen molar-refractivity contribution in [2.24, 2.45) is 0 Å². The van der Waals surface area contributed by atoms with Crippen molar-refractivity contribution in [2.45, 2.75) is 38.7 Å². The summed E-state index contributed by atoms with van der Waals surface area (Å²) in [6.45, 7) is 6.54. The van der Waals surface area contributed by atoms with E-state index in [-0.39, 0.29) is 4.87 Å². The van der Waals surface area contributed by atoms with Crippen molar-refractivity contribution in [3.8, 4) is 0 Å². The lowest BCUT2D eigenvalue weighted by Crippen LogP contribution is -2.14. The van der Waals surface area contributed by atoms with Gasteiger partial charge in [-0.05, 0) is 43.0 Å². The molecule has 0 aliphatic heterocycles. The molecule has 2 aromatic rings. The third-order valence-corrected chi connectivity index (χ3v) is 3.56. The summed E-state index contributed by atoms with van der Waals surface area (Å²) in [5, 5.41) is 1.21. The molecular formula is C18H22ClNO. The fourth-order valence-electron chi connectivity index (χ4n) is 2.17. The zero-order chi connectivity index (χ0) is 15.3. The molecule has 1 aliphatic rings. The highest BCUT2D eigenvalue weighted by molar-refractivity contribution is 6.25. The van der Waals surface area contributed by atoms with E-state index in [9.17, 15) is 0 Å². The molecule has 0 saturated carbocycles. The largest absolute Gasteiger partial charge is 0.488 e. The van der Waals surface area contributed by atoms with Gasteiger partial charge in [0, 0.05) is 5.52 Å². The molecular weight excluding hydrogens is 282 g/mol. The average molecular weight is 304 g/mol. The van der Waals surface area contributed by atoms with Crippen molar-refractivity contribution in [3.05, 3.63) is 60.0 Å². The van der Waals surface area contributed by atoms with Gasteiger partial charge in [0.15, 0.2) is 0 Å². The highest BCUT2D eigenvalue weighted by atomic mass is 35.5. The number of para-hydroxylation sites is 1. The van der Waals surface area contributed by atoms with Crippen LogP contribution in [0.1, 0.15) is 32.9 Å². The lowest BCUT2D eigenvalue weighted by Gasteiger charge is -2.20. The Morgan fingerprint density at radius 1 is 1.29 bits per heavy atom. The Bertz CT molecular complexity index is 619. The lowest BCUT2D eigenvalue weighted by atomic mass is 10.0. The molecule has 0 bridgehead atoms. The first-order valence-electron chi connectivity index (χ1n) is 7.40. The van der Waals surface area contributed by atoms with E-state index >= 15 is 0 Å². The Balaban J connectivity index is 0.000000774. The number of rotatable bonds is 3. The van der Waals surface area contributed by atoms with Gasteiger partial charge in [-0.3, -0.25) is 0 Å². The molecule has 3 heteroatoms. The number of hydrogen-bond donors (Lipinski definition) is 1. The normalized spacial score (nSPS) is 20.7. The van der Waals surface area contributed by atoms with E-state index in [0.29, 0.717) is 6.61 Å². The summed E-state index contributed by atoms with van der Waals surface area (Å²) in [5.74, 6) is 0.886. The van der Waals surface area contributed by atoms with Crippen molar-refractivity contribution < 1.29 is 4.74 Å². The molecule has 0 amide bonds. The second-order valence-corrected chi connectivity index (χ2v) is 5.96. The Morgan fingerprint density at radius 3 is 2.71 bits per heavy atom. The summed E-state index contributed by atoms with van der Waals surface area (Å²) in [4.78, 5) is 3.08. The van der Waals surface area contributed by atoms with Crippen LogP contribution in [0.2, 0.25) is 0 Å². The van der Waals surface area contributed by atoms with Crippen molar-refractivity contribution >= 4 is 22.5 Å². The van der Waals surface area contributed by atoms with Crippen LogP contribution in [-0.2, 0) is 11.3 Å². The third-order valence-electron chi connectivity index (χ3n) is 3.28. The maximum absolute atomic E-state index is 6.21. The predicted molar refractivity (Wildman–Crippen MR) is 90.5 cm³/mol. The Morgan fingerprint density at radius 2 is 2.05 bits per heavy atom. The summed E-state index contributed by atoms with van der Waals surface area (Å²) in [7, 11) is 0. The van der Waals surface area contributed by atoms with Crippen LogP contribution in [0, 0.1) is 0 Å². The van der Waals surface area contributed by atoms with E-state index in [0.717, 1.165) is 23.4 Å². The highest BCUT2D eigenvalue weighted by Gasteiger charge is 2.19. The number of allylic oxidation sites excluding steroid dienone is 3. The minimum absolute atomic E-state index is 0.270. The number of halogens is 1. The quantitative estimate of drug-likeness (QED) is 0.739. The Hall–Kier alpha value is -1.67. The first-order valence-corrected chi connectivity index (χ1v) is 7.78. The van der Waals surface area contributed by atoms with E-state index in [1.165, 1.54) is 5.39 Å². The Labute approximate surface area is 131 Å². The zero-order valence-electron chi connectivity index (χ0n) is 12.8. The van der Waals surface area contributed by atoms with Crippen LogP contribution in [0.3, 0.4) is 0 Å². The molecule has 0 radical (unpaired) electrons. The van der Waals surface area contributed by atoms with Gasteiger partial charge in [0.1, 0.15) is 12.4 Å². The lowest BCUT2D eigenvalue weighted by molar-refractivity contribution is 0.205. The fourth-order valence-corrected chi connectivity index (χ4v) is 2.31. The molecule has 2 nitrogen and oxygen atoms in total. The molecule has 1 aromatic heterocycles. The molecule has 0 fully saturated rings. The van der Waals surface area contributed by atoms with Crippen LogP contribution in [-0.4, -0.2) is 9.86 Å². The molecule has 112 valence electrons. The third kappa shape index (κ3) is 4.15. The second-order valence-electron chi connectivity index (χ2n) is 5.09. The summed E-state index contributed by atoms with van der Waals surface area (Å²) < 4.78 is 5.78. The Kier molecular flexibility index (Phi) is 5.13. The predicted octanol–water partition coefficient (Wildman–Crippen LogP) is 5.55. The van der Waals surface area contributed by atoms with Crippen LogP contribution in [0.4, 0.5) is 0 Å². The zero-order valence-corrected chi connectivity index (χ0v) is 13.6. The molecule has 21 heavy (non-hydrogen) atoms. The maximum atomic E-state index is 6.21. The van der Waals surface area contributed by atoms with E-state index in [1.54, 1.807) is 0 Å². The van der Waals surface area contributed by atoms with Gasteiger partial charge in [0.05, 0.1) is 10.6 Å².